The van der Waals surface area contributed by atoms with Crippen LogP contribution in [0, 0.1) is 5.82 Å². The van der Waals surface area contributed by atoms with Gasteiger partial charge in [-0.2, -0.15) is 0 Å². The molecular formula is C26H30FN5O3. The van der Waals surface area contributed by atoms with Crippen LogP contribution in [0.4, 0.5) is 4.39 Å². The first-order valence-electron chi connectivity index (χ1n) is 11.7. The van der Waals surface area contributed by atoms with Crippen molar-refractivity contribution < 1.29 is 19.4 Å². The molecule has 4 aromatic rings. The molecule has 1 fully saturated rings. The van der Waals surface area contributed by atoms with Gasteiger partial charge in [0.1, 0.15) is 11.5 Å². The summed E-state index contributed by atoms with van der Waals surface area (Å²) in [4.78, 5) is 17.6. The fraction of sp³-hybridized carbons (Fsp3) is 0.346. The fourth-order valence-corrected chi connectivity index (χ4v) is 4.49. The largest absolute Gasteiger partial charge is 0.481 e. The van der Waals surface area contributed by atoms with Gasteiger partial charge < -0.3 is 25.2 Å². The molecule has 0 saturated heterocycles. The number of hydrogen-bond acceptors (Lipinski definition) is 6. The van der Waals surface area contributed by atoms with Crippen LogP contribution in [0.1, 0.15) is 37.3 Å². The van der Waals surface area contributed by atoms with Crippen LogP contribution in [0.15, 0.2) is 61.2 Å². The number of aliphatic hydroxyl groups excluding tert-OH is 1. The lowest BCUT2D eigenvalue weighted by Gasteiger charge is -2.34. The number of carbonyl (C=O) groups is 1. The number of aliphatic hydroxyl groups is 1. The van der Waals surface area contributed by atoms with Gasteiger partial charge in [0.05, 0.1) is 11.6 Å². The van der Waals surface area contributed by atoms with Crippen molar-refractivity contribution in [1.29, 1.82) is 0 Å². The maximum atomic E-state index is 14.4. The van der Waals surface area contributed by atoms with Crippen LogP contribution in [0.3, 0.4) is 0 Å². The Morgan fingerprint density at radius 2 is 1.89 bits per heavy atom. The van der Waals surface area contributed by atoms with Crippen LogP contribution in [0.25, 0.3) is 16.6 Å². The molecule has 0 bridgehead atoms. The molecule has 0 aliphatic heterocycles. The molecule has 0 amide bonds. The smallest absolute Gasteiger partial charge is 0.300 e. The zero-order chi connectivity index (χ0) is 24.8. The standard InChI is InChI=1S/C24H26FN5O.C2H4O2/c25-20-13-22-16(3-1-7-26-22)11-18(20)15-29-21-6-5-19(12-23(21)31)28-14-17-4-2-9-30-10-8-27-24(17)30;1-2(3)4/h1-4,7-11,13,19,21,23,28-29,31H,5-6,12,14-15H2;1H3,(H,3,4)/t19-,21-,23?;/m0./s1. The van der Waals surface area contributed by atoms with E-state index in [1.807, 2.05) is 41.1 Å². The predicted molar refractivity (Wildman–Crippen MR) is 131 cm³/mol. The first kappa shape index (κ1) is 24.7. The van der Waals surface area contributed by atoms with Gasteiger partial charge in [0.15, 0.2) is 0 Å². The van der Waals surface area contributed by atoms with Crippen LogP contribution in [-0.4, -0.2) is 48.7 Å². The number of nitrogens with one attached hydrogen (secondary N) is 2. The lowest BCUT2D eigenvalue weighted by molar-refractivity contribution is -0.134. The summed E-state index contributed by atoms with van der Waals surface area (Å²) in [5.74, 6) is -1.10. The number of benzene rings is 1. The van der Waals surface area contributed by atoms with Crippen LogP contribution in [-0.2, 0) is 17.9 Å². The second kappa shape index (κ2) is 11.4. The van der Waals surface area contributed by atoms with Gasteiger partial charge in [-0.05, 0) is 37.5 Å². The third kappa shape index (κ3) is 6.39. The first-order chi connectivity index (χ1) is 16.9. The Balaban J connectivity index is 0.000000672. The van der Waals surface area contributed by atoms with Crippen LogP contribution < -0.4 is 10.6 Å². The molecule has 184 valence electrons. The Morgan fingerprint density at radius 3 is 2.69 bits per heavy atom. The summed E-state index contributed by atoms with van der Waals surface area (Å²) in [7, 11) is 0. The van der Waals surface area contributed by atoms with E-state index in [1.165, 1.54) is 6.07 Å². The molecule has 8 nitrogen and oxygen atoms in total. The van der Waals surface area contributed by atoms with Gasteiger partial charge in [-0.25, -0.2) is 9.37 Å². The summed E-state index contributed by atoms with van der Waals surface area (Å²) in [6.07, 6.45) is 9.37. The molecule has 5 rings (SSSR count). The summed E-state index contributed by atoms with van der Waals surface area (Å²) in [5, 5.41) is 25.9. The molecule has 1 aromatic carbocycles. The van der Waals surface area contributed by atoms with E-state index < -0.39 is 12.1 Å². The molecule has 1 saturated carbocycles. The van der Waals surface area contributed by atoms with E-state index in [2.05, 4.69) is 26.7 Å². The minimum atomic E-state index is -0.833. The summed E-state index contributed by atoms with van der Waals surface area (Å²) < 4.78 is 16.4. The highest BCUT2D eigenvalue weighted by atomic mass is 19.1. The number of carboxylic acid groups (broad SMARTS) is 1. The van der Waals surface area contributed by atoms with Crippen molar-refractivity contribution in [2.45, 2.75) is 57.5 Å². The number of aromatic nitrogens is 3. The molecular weight excluding hydrogens is 449 g/mol. The molecule has 0 spiro atoms. The van der Waals surface area contributed by atoms with Gasteiger partial charge in [-0.3, -0.25) is 9.78 Å². The Bertz CT molecular complexity index is 1290. The molecule has 3 aromatic heterocycles. The monoisotopic (exact) mass is 479 g/mol. The number of halogens is 1. The van der Waals surface area contributed by atoms with Crippen molar-refractivity contribution in [3.8, 4) is 0 Å². The average molecular weight is 480 g/mol. The Morgan fingerprint density at radius 1 is 1.09 bits per heavy atom. The number of aliphatic carboxylic acids is 1. The summed E-state index contributed by atoms with van der Waals surface area (Å²) >= 11 is 0. The van der Waals surface area contributed by atoms with Crippen LogP contribution in [0.5, 0.6) is 0 Å². The Labute approximate surface area is 202 Å². The molecule has 9 heteroatoms. The molecule has 3 heterocycles. The van der Waals surface area contributed by atoms with E-state index in [9.17, 15) is 9.50 Å². The van der Waals surface area contributed by atoms with Crippen molar-refractivity contribution in [3.05, 3.63) is 78.1 Å². The number of rotatable bonds is 6. The first-order valence-corrected chi connectivity index (χ1v) is 11.7. The van der Waals surface area contributed by atoms with Gasteiger partial charge in [0, 0.05) is 79.5 Å². The highest BCUT2D eigenvalue weighted by Gasteiger charge is 2.28. The lowest BCUT2D eigenvalue weighted by atomic mass is 9.88. The molecule has 1 aliphatic carbocycles. The second-order valence-electron chi connectivity index (χ2n) is 8.80. The summed E-state index contributed by atoms with van der Waals surface area (Å²) in [6.45, 7) is 2.19. The van der Waals surface area contributed by atoms with Gasteiger partial charge >= 0.3 is 0 Å². The third-order valence-electron chi connectivity index (χ3n) is 6.22. The minimum Gasteiger partial charge on any atom is -0.481 e. The zero-order valence-electron chi connectivity index (χ0n) is 19.6. The zero-order valence-corrected chi connectivity index (χ0v) is 19.6. The van der Waals surface area contributed by atoms with Gasteiger partial charge in [0.2, 0.25) is 0 Å². The molecule has 0 radical (unpaired) electrons. The molecule has 4 N–H and O–H groups in total. The lowest BCUT2D eigenvalue weighted by Crippen LogP contribution is -2.48. The van der Waals surface area contributed by atoms with Crippen molar-refractivity contribution in [3.63, 3.8) is 0 Å². The van der Waals surface area contributed by atoms with Crippen molar-refractivity contribution >= 4 is 22.5 Å². The second-order valence-corrected chi connectivity index (χ2v) is 8.80. The number of hydrogen-bond donors (Lipinski definition) is 4. The Kier molecular flexibility index (Phi) is 8.02. The van der Waals surface area contributed by atoms with E-state index >= 15 is 0 Å². The van der Waals surface area contributed by atoms with Gasteiger partial charge in [-0.1, -0.05) is 12.1 Å². The van der Waals surface area contributed by atoms with Gasteiger partial charge in [-0.15, -0.1) is 0 Å². The maximum absolute atomic E-state index is 14.4. The number of imidazole rings is 1. The van der Waals surface area contributed by atoms with E-state index in [0.29, 0.717) is 30.6 Å². The van der Waals surface area contributed by atoms with E-state index in [1.54, 1.807) is 12.4 Å². The number of fused-ring (bicyclic) bond motifs is 2. The van der Waals surface area contributed by atoms with Crippen LogP contribution >= 0.6 is 0 Å². The van der Waals surface area contributed by atoms with E-state index in [4.69, 9.17) is 9.90 Å². The molecule has 1 aliphatic rings. The number of carboxylic acids is 1. The van der Waals surface area contributed by atoms with E-state index in [-0.39, 0.29) is 17.9 Å². The number of nitrogens with zero attached hydrogens (tertiary/aromatic N) is 3. The third-order valence-corrected chi connectivity index (χ3v) is 6.22. The fourth-order valence-electron chi connectivity index (χ4n) is 4.49. The van der Waals surface area contributed by atoms with Gasteiger partial charge in [0.25, 0.3) is 5.97 Å². The number of pyridine rings is 2. The van der Waals surface area contributed by atoms with E-state index in [0.717, 1.165) is 36.4 Å². The summed E-state index contributed by atoms with van der Waals surface area (Å²) in [5.41, 5.74) is 3.35. The van der Waals surface area contributed by atoms with Crippen molar-refractivity contribution in [1.82, 2.24) is 25.0 Å². The summed E-state index contributed by atoms with van der Waals surface area (Å²) in [6, 6.07) is 11.4. The quantitative estimate of drug-likeness (QED) is 0.336. The minimum absolute atomic E-state index is 0.0437. The molecule has 3 atom stereocenters. The van der Waals surface area contributed by atoms with Crippen molar-refractivity contribution in [2.24, 2.45) is 0 Å². The molecule has 1 unspecified atom stereocenters. The average Bonchev–Trinajstić information content (AvgIpc) is 3.31. The normalized spacial score (nSPS) is 19.9. The highest BCUT2D eigenvalue weighted by Crippen LogP contribution is 2.22. The molecule has 35 heavy (non-hydrogen) atoms. The van der Waals surface area contributed by atoms with Crippen LogP contribution in [0.2, 0.25) is 0 Å². The highest BCUT2D eigenvalue weighted by molar-refractivity contribution is 5.79. The predicted octanol–water partition coefficient (Wildman–Crippen LogP) is 3.27. The van der Waals surface area contributed by atoms with Crippen molar-refractivity contribution in [2.75, 3.05) is 0 Å². The Hall–Kier alpha value is -3.40. The SMILES string of the molecule is CC(=O)O.OC1C[C@@H](NCc2cccn3ccnc23)CC[C@@H]1NCc1cc2cccnc2cc1F. The topological polar surface area (TPSA) is 112 Å². The maximum Gasteiger partial charge on any atom is 0.300 e.